The van der Waals surface area contributed by atoms with Gasteiger partial charge in [0.1, 0.15) is 11.6 Å². The van der Waals surface area contributed by atoms with Gasteiger partial charge in [-0.2, -0.15) is 5.10 Å². The van der Waals surface area contributed by atoms with Gasteiger partial charge < -0.3 is 5.32 Å². The molecule has 0 spiro atoms. The zero-order chi connectivity index (χ0) is 11.5. The molecule has 2 heterocycles. The van der Waals surface area contributed by atoms with Crippen LogP contribution in [0, 0.1) is 6.92 Å². The molecule has 0 saturated carbocycles. The molecule has 1 aliphatic rings. The SMILES string of the molecule is CC(C)=CCNC1CCc2nc(C)nn2C1. The third-order valence-electron chi connectivity index (χ3n) is 2.88. The predicted octanol–water partition coefficient (Wildman–Crippen LogP) is 1.46. The molecule has 0 bridgehead atoms. The second kappa shape index (κ2) is 4.78. The van der Waals surface area contributed by atoms with Crippen molar-refractivity contribution in [2.75, 3.05) is 6.54 Å². The first kappa shape index (κ1) is 11.3. The fourth-order valence-corrected chi connectivity index (χ4v) is 2.03. The van der Waals surface area contributed by atoms with Crippen LogP contribution in [0.5, 0.6) is 0 Å². The number of rotatable bonds is 3. The van der Waals surface area contributed by atoms with Crippen LogP contribution in [-0.2, 0) is 13.0 Å². The molecule has 0 saturated heterocycles. The van der Waals surface area contributed by atoms with Crippen molar-refractivity contribution < 1.29 is 0 Å². The van der Waals surface area contributed by atoms with Crippen LogP contribution in [0.15, 0.2) is 11.6 Å². The first-order valence-electron chi connectivity index (χ1n) is 5.92. The average molecular weight is 220 g/mol. The number of aromatic nitrogens is 3. The van der Waals surface area contributed by atoms with E-state index in [-0.39, 0.29) is 0 Å². The Morgan fingerprint density at radius 3 is 3.12 bits per heavy atom. The lowest BCUT2D eigenvalue weighted by atomic mass is 10.1. The summed E-state index contributed by atoms with van der Waals surface area (Å²) in [4.78, 5) is 4.41. The van der Waals surface area contributed by atoms with Gasteiger partial charge in [0, 0.05) is 19.0 Å². The summed E-state index contributed by atoms with van der Waals surface area (Å²) in [6.07, 6.45) is 4.42. The Hall–Kier alpha value is -1.16. The molecule has 1 N–H and O–H groups in total. The first-order chi connectivity index (χ1) is 7.65. The van der Waals surface area contributed by atoms with Gasteiger partial charge in [0.15, 0.2) is 0 Å². The Morgan fingerprint density at radius 1 is 1.56 bits per heavy atom. The Balaban J connectivity index is 1.90. The van der Waals surface area contributed by atoms with Crippen molar-refractivity contribution in [2.45, 2.75) is 46.2 Å². The van der Waals surface area contributed by atoms with Gasteiger partial charge in [-0.05, 0) is 27.2 Å². The molecule has 4 heteroatoms. The minimum absolute atomic E-state index is 0.532. The number of hydrogen-bond acceptors (Lipinski definition) is 3. The summed E-state index contributed by atoms with van der Waals surface area (Å²) in [5, 5.41) is 7.93. The lowest BCUT2D eigenvalue weighted by Gasteiger charge is -2.23. The molecule has 1 aromatic heterocycles. The molecule has 0 radical (unpaired) electrons. The third-order valence-corrected chi connectivity index (χ3v) is 2.88. The van der Waals surface area contributed by atoms with Gasteiger partial charge in [-0.15, -0.1) is 0 Å². The monoisotopic (exact) mass is 220 g/mol. The summed E-state index contributed by atoms with van der Waals surface area (Å²) in [6.45, 7) is 8.11. The molecule has 0 aromatic carbocycles. The van der Waals surface area contributed by atoms with Gasteiger partial charge in [-0.3, -0.25) is 0 Å². The number of fused-ring (bicyclic) bond motifs is 1. The molecular formula is C12H20N4. The Labute approximate surface area is 96.8 Å². The number of aryl methyl sites for hydroxylation is 2. The van der Waals surface area contributed by atoms with E-state index in [1.54, 1.807) is 0 Å². The second-order valence-electron chi connectivity index (χ2n) is 4.68. The van der Waals surface area contributed by atoms with Crippen molar-refractivity contribution in [2.24, 2.45) is 0 Å². The van der Waals surface area contributed by atoms with E-state index in [4.69, 9.17) is 0 Å². The van der Waals surface area contributed by atoms with Gasteiger partial charge in [-0.25, -0.2) is 9.67 Å². The molecule has 4 nitrogen and oxygen atoms in total. The van der Waals surface area contributed by atoms with Crippen molar-refractivity contribution >= 4 is 0 Å². The van der Waals surface area contributed by atoms with Gasteiger partial charge in [-0.1, -0.05) is 11.6 Å². The van der Waals surface area contributed by atoms with E-state index in [0.717, 1.165) is 37.6 Å². The molecular weight excluding hydrogens is 200 g/mol. The fraction of sp³-hybridized carbons (Fsp3) is 0.667. The summed E-state index contributed by atoms with van der Waals surface area (Å²) in [7, 11) is 0. The lowest BCUT2D eigenvalue weighted by Crippen LogP contribution is -2.37. The summed E-state index contributed by atoms with van der Waals surface area (Å²) in [5.41, 5.74) is 1.36. The average Bonchev–Trinajstić information content (AvgIpc) is 2.56. The van der Waals surface area contributed by atoms with E-state index >= 15 is 0 Å². The topological polar surface area (TPSA) is 42.7 Å². The van der Waals surface area contributed by atoms with E-state index in [9.17, 15) is 0 Å². The zero-order valence-corrected chi connectivity index (χ0v) is 10.3. The summed E-state index contributed by atoms with van der Waals surface area (Å²) >= 11 is 0. The zero-order valence-electron chi connectivity index (χ0n) is 10.3. The minimum atomic E-state index is 0.532. The third kappa shape index (κ3) is 2.70. The van der Waals surface area contributed by atoms with E-state index in [0.29, 0.717) is 6.04 Å². The maximum absolute atomic E-state index is 4.41. The Kier molecular flexibility index (Phi) is 3.39. The van der Waals surface area contributed by atoms with Crippen LogP contribution in [0.3, 0.4) is 0 Å². The standard InChI is InChI=1S/C12H20N4/c1-9(2)6-7-13-11-4-5-12-14-10(3)15-16(12)8-11/h6,11,13H,4-5,7-8H2,1-3H3. The van der Waals surface area contributed by atoms with Crippen LogP contribution in [0.25, 0.3) is 0 Å². The van der Waals surface area contributed by atoms with Crippen LogP contribution in [-0.4, -0.2) is 27.4 Å². The van der Waals surface area contributed by atoms with Crippen molar-refractivity contribution in [3.05, 3.63) is 23.3 Å². The smallest absolute Gasteiger partial charge is 0.147 e. The second-order valence-corrected chi connectivity index (χ2v) is 4.68. The molecule has 88 valence electrons. The highest BCUT2D eigenvalue weighted by Gasteiger charge is 2.19. The highest BCUT2D eigenvalue weighted by atomic mass is 15.4. The lowest BCUT2D eigenvalue weighted by molar-refractivity contribution is 0.369. The highest BCUT2D eigenvalue weighted by molar-refractivity contribution is 4.98. The fourth-order valence-electron chi connectivity index (χ4n) is 2.03. The maximum Gasteiger partial charge on any atom is 0.147 e. The molecule has 1 aliphatic heterocycles. The summed E-state index contributed by atoms with van der Waals surface area (Å²) in [5.74, 6) is 2.03. The molecule has 0 amide bonds. The molecule has 16 heavy (non-hydrogen) atoms. The van der Waals surface area contributed by atoms with Crippen LogP contribution in [0.1, 0.15) is 31.9 Å². The van der Waals surface area contributed by atoms with E-state index in [1.807, 2.05) is 11.6 Å². The quantitative estimate of drug-likeness (QED) is 0.784. The number of nitrogens with one attached hydrogen (secondary N) is 1. The predicted molar refractivity (Wildman–Crippen MR) is 64.3 cm³/mol. The largest absolute Gasteiger partial charge is 0.309 e. The van der Waals surface area contributed by atoms with Crippen LogP contribution in [0.2, 0.25) is 0 Å². The van der Waals surface area contributed by atoms with Crippen LogP contribution < -0.4 is 5.32 Å². The molecule has 0 aliphatic carbocycles. The van der Waals surface area contributed by atoms with Crippen LogP contribution >= 0.6 is 0 Å². The van der Waals surface area contributed by atoms with Crippen LogP contribution in [0.4, 0.5) is 0 Å². The van der Waals surface area contributed by atoms with Crippen molar-refractivity contribution in [3.8, 4) is 0 Å². The van der Waals surface area contributed by atoms with Gasteiger partial charge in [0.05, 0.1) is 6.54 Å². The number of hydrogen-bond donors (Lipinski definition) is 1. The Bertz CT molecular complexity index is 388. The van der Waals surface area contributed by atoms with E-state index < -0.39 is 0 Å². The summed E-state index contributed by atoms with van der Waals surface area (Å²) in [6, 6.07) is 0.532. The van der Waals surface area contributed by atoms with E-state index in [2.05, 4.69) is 35.3 Å². The van der Waals surface area contributed by atoms with Gasteiger partial charge in [0.2, 0.25) is 0 Å². The minimum Gasteiger partial charge on any atom is -0.309 e. The highest BCUT2D eigenvalue weighted by Crippen LogP contribution is 2.12. The van der Waals surface area contributed by atoms with Crippen molar-refractivity contribution in [1.82, 2.24) is 20.1 Å². The van der Waals surface area contributed by atoms with Gasteiger partial charge >= 0.3 is 0 Å². The molecule has 1 atom stereocenters. The maximum atomic E-state index is 4.41. The first-order valence-corrected chi connectivity index (χ1v) is 5.92. The molecule has 2 rings (SSSR count). The normalized spacial score (nSPS) is 19.3. The van der Waals surface area contributed by atoms with Crippen molar-refractivity contribution in [1.29, 1.82) is 0 Å². The number of nitrogens with zero attached hydrogens (tertiary/aromatic N) is 3. The molecule has 1 aromatic rings. The summed E-state index contributed by atoms with van der Waals surface area (Å²) < 4.78 is 2.04. The molecule has 0 fully saturated rings. The van der Waals surface area contributed by atoms with E-state index in [1.165, 1.54) is 5.57 Å². The Morgan fingerprint density at radius 2 is 2.38 bits per heavy atom. The number of allylic oxidation sites excluding steroid dienone is 1. The van der Waals surface area contributed by atoms with Gasteiger partial charge in [0.25, 0.3) is 0 Å². The molecule has 1 unspecified atom stereocenters. The van der Waals surface area contributed by atoms with Crippen molar-refractivity contribution in [3.63, 3.8) is 0 Å².